The number of H-pyrrole nitrogens is 1. The molecule has 1 atom stereocenters. The molecule has 5 rings (SSSR count). The summed E-state index contributed by atoms with van der Waals surface area (Å²) in [6.45, 7) is 4.88. The van der Waals surface area contributed by atoms with E-state index in [9.17, 15) is 14.7 Å². The molecule has 0 saturated heterocycles. The molecule has 1 aliphatic carbocycles. The number of pyridine rings is 1. The topological polar surface area (TPSA) is 99.2 Å². The van der Waals surface area contributed by atoms with Crippen LogP contribution in [0.5, 0.6) is 0 Å². The molecule has 2 N–H and O–H groups in total. The number of aliphatic hydroxyl groups is 1. The Kier molecular flexibility index (Phi) is 6.36. The number of aliphatic hydroxyl groups excluding tert-OH is 1. The summed E-state index contributed by atoms with van der Waals surface area (Å²) in [4.78, 5) is 40.4. The number of hydrogen-bond acceptors (Lipinski definition) is 5. The van der Waals surface area contributed by atoms with Crippen LogP contribution in [0.1, 0.15) is 78.9 Å². The number of aromatic amines is 1. The van der Waals surface area contributed by atoms with Crippen LogP contribution < -0.4 is 5.56 Å². The molecule has 1 amide bonds. The predicted molar refractivity (Wildman–Crippen MR) is 136 cm³/mol. The zero-order chi connectivity index (χ0) is 24.7. The lowest BCUT2D eigenvalue weighted by atomic mass is 9.93. The van der Waals surface area contributed by atoms with Gasteiger partial charge in [-0.25, -0.2) is 4.98 Å². The summed E-state index contributed by atoms with van der Waals surface area (Å²) in [5.74, 6) is 0.653. The van der Waals surface area contributed by atoms with Gasteiger partial charge in [0.15, 0.2) is 6.10 Å². The lowest BCUT2D eigenvalue weighted by molar-refractivity contribution is -0.141. The molecule has 1 aliphatic heterocycles. The lowest BCUT2D eigenvalue weighted by Gasteiger charge is -2.24. The summed E-state index contributed by atoms with van der Waals surface area (Å²) >= 11 is 3.38. The third kappa shape index (κ3) is 4.57. The van der Waals surface area contributed by atoms with Gasteiger partial charge in [-0.15, -0.1) is 0 Å². The van der Waals surface area contributed by atoms with E-state index in [1.165, 1.54) is 5.56 Å². The fourth-order valence-electron chi connectivity index (χ4n) is 4.85. The maximum absolute atomic E-state index is 13.3. The highest BCUT2D eigenvalue weighted by Crippen LogP contribution is 2.52. The number of aromatic nitrogens is 3. The Labute approximate surface area is 212 Å². The SMILES string of the molecule is CC(C)c1cncc(C2(c3nc4c(c(=O)[nH]3)CN(C(=O)[C@H](O)c3cccc(Br)c3)CCC4)CC2)c1. The van der Waals surface area contributed by atoms with E-state index in [0.29, 0.717) is 42.3 Å². The highest BCUT2D eigenvalue weighted by atomic mass is 79.9. The first-order valence-electron chi connectivity index (χ1n) is 12.1. The number of hydrogen-bond donors (Lipinski definition) is 2. The van der Waals surface area contributed by atoms with Crippen molar-refractivity contribution in [1.82, 2.24) is 19.9 Å². The van der Waals surface area contributed by atoms with Gasteiger partial charge in [-0.3, -0.25) is 14.6 Å². The Bertz CT molecular complexity index is 1330. The zero-order valence-electron chi connectivity index (χ0n) is 19.9. The number of nitrogens with one attached hydrogen (secondary N) is 1. The minimum Gasteiger partial charge on any atom is -0.378 e. The van der Waals surface area contributed by atoms with Gasteiger partial charge in [-0.1, -0.05) is 48.0 Å². The Morgan fingerprint density at radius 1 is 1.20 bits per heavy atom. The largest absolute Gasteiger partial charge is 0.378 e. The van der Waals surface area contributed by atoms with Crippen LogP contribution in [0.3, 0.4) is 0 Å². The van der Waals surface area contributed by atoms with Crippen LogP contribution in [-0.4, -0.2) is 37.4 Å². The number of amides is 1. The molecule has 1 saturated carbocycles. The van der Waals surface area contributed by atoms with E-state index in [-0.39, 0.29) is 17.5 Å². The number of carbonyl (C=O) groups is 1. The summed E-state index contributed by atoms with van der Waals surface area (Å²) in [6, 6.07) is 9.25. The standard InChI is InChI=1S/C27H29BrN4O3/c1-16(2)18-11-19(14-29-13-18)27(8-9-27)26-30-22-7-4-10-32(15-21(22)24(34)31-26)25(35)23(33)17-5-3-6-20(28)12-17/h3,5-6,11-14,16,23,33H,4,7-10,15H2,1-2H3,(H,30,31,34)/t23-/m1/s1. The van der Waals surface area contributed by atoms with Crippen molar-refractivity contribution >= 4 is 21.8 Å². The molecule has 3 aromatic rings. The molecule has 1 aromatic carbocycles. The Morgan fingerprint density at radius 2 is 2.00 bits per heavy atom. The third-order valence-corrected chi connectivity index (χ3v) is 7.68. The van der Waals surface area contributed by atoms with Crippen LogP contribution in [-0.2, 0) is 23.2 Å². The van der Waals surface area contributed by atoms with Crippen LogP contribution in [0.15, 0.2) is 52.0 Å². The van der Waals surface area contributed by atoms with Gasteiger partial charge in [0, 0.05) is 23.4 Å². The molecule has 0 spiro atoms. The van der Waals surface area contributed by atoms with Crippen molar-refractivity contribution in [3.05, 3.63) is 91.3 Å². The number of aryl methyl sites for hydroxylation is 1. The fraction of sp³-hybridized carbons (Fsp3) is 0.407. The second kappa shape index (κ2) is 9.32. The van der Waals surface area contributed by atoms with Gasteiger partial charge < -0.3 is 15.0 Å². The van der Waals surface area contributed by atoms with Crippen molar-refractivity contribution < 1.29 is 9.90 Å². The molecule has 2 aliphatic rings. The van der Waals surface area contributed by atoms with E-state index >= 15 is 0 Å². The van der Waals surface area contributed by atoms with E-state index in [1.807, 2.05) is 18.5 Å². The molecular weight excluding hydrogens is 508 g/mol. The van der Waals surface area contributed by atoms with Crippen LogP contribution in [0, 0.1) is 0 Å². The van der Waals surface area contributed by atoms with Crippen molar-refractivity contribution in [1.29, 1.82) is 0 Å². The molecule has 8 heteroatoms. The quantitative estimate of drug-likeness (QED) is 0.510. The molecule has 35 heavy (non-hydrogen) atoms. The predicted octanol–water partition coefficient (Wildman–Crippen LogP) is 4.14. The second-order valence-electron chi connectivity index (χ2n) is 9.90. The summed E-state index contributed by atoms with van der Waals surface area (Å²) in [5.41, 5.74) is 3.52. The summed E-state index contributed by atoms with van der Waals surface area (Å²) in [6.07, 6.45) is 5.62. The molecule has 7 nitrogen and oxygen atoms in total. The molecule has 1 fully saturated rings. The zero-order valence-corrected chi connectivity index (χ0v) is 21.5. The summed E-state index contributed by atoms with van der Waals surface area (Å²) < 4.78 is 0.791. The van der Waals surface area contributed by atoms with Crippen molar-refractivity contribution in [3.8, 4) is 0 Å². The smallest absolute Gasteiger partial charge is 0.256 e. The van der Waals surface area contributed by atoms with Crippen molar-refractivity contribution in [3.63, 3.8) is 0 Å². The van der Waals surface area contributed by atoms with E-state index in [0.717, 1.165) is 28.6 Å². The van der Waals surface area contributed by atoms with Crippen molar-refractivity contribution in [2.75, 3.05) is 6.54 Å². The summed E-state index contributed by atoms with van der Waals surface area (Å²) in [5, 5.41) is 10.7. The highest BCUT2D eigenvalue weighted by molar-refractivity contribution is 9.10. The first kappa shape index (κ1) is 23.9. The lowest BCUT2D eigenvalue weighted by Crippen LogP contribution is -2.36. The molecule has 2 aromatic heterocycles. The first-order valence-corrected chi connectivity index (χ1v) is 12.9. The van der Waals surface area contributed by atoms with E-state index in [4.69, 9.17) is 4.98 Å². The Hall–Kier alpha value is -2.84. The minimum absolute atomic E-state index is 0.138. The van der Waals surface area contributed by atoms with Crippen LogP contribution in [0.25, 0.3) is 0 Å². The van der Waals surface area contributed by atoms with Crippen LogP contribution in [0.4, 0.5) is 0 Å². The van der Waals surface area contributed by atoms with E-state index < -0.39 is 12.0 Å². The van der Waals surface area contributed by atoms with Crippen LogP contribution in [0.2, 0.25) is 0 Å². The molecule has 0 radical (unpaired) electrons. The number of nitrogens with zero attached hydrogens (tertiary/aromatic N) is 3. The number of fused-ring (bicyclic) bond motifs is 1. The minimum atomic E-state index is -1.28. The Balaban J connectivity index is 1.43. The van der Waals surface area contributed by atoms with Crippen molar-refractivity contribution in [2.45, 2.75) is 63.5 Å². The highest BCUT2D eigenvalue weighted by Gasteiger charge is 2.49. The molecular formula is C27H29BrN4O3. The Morgan fingerprint density at radius 3 is 2.71 bits per heavy atom. The van der Waals surface area contributed by atoms with Gasteiger partial charge >= 0.3 is 0 Å². The fourth-order valence-corrected chi connectivity index (χ4v) is 5.27. The number of halogens is 1. The maximum atomic E-state index is 13.3. The monoisotopic (exact) mass is 536 g/mol. The number of rotatable bonds is 5. The van der Waals surface area contributed by atoms with E-state index in [2.05, 4.69) is 45.8 Å². The molecule has 0 unspecified atom stereocenters. The molecule has 3 heterocycles. The van der Waals surface area contributed by atoms with Gasteiger partial charge in [0.25, 0.3) is 11.5 Å². The average Bonchev–Trinajstić information content (AvgIpc) is 3.68. The second-order valence-corrected chi connectivity index (χ2v) is 10.8. The number of benzene rings is 1. The van der Waals surface area contributed by atoms with Gasteiger partial charge in [-0.05, 0) is 60.4 Å². The van der Waals surface area contributed by atoms with E-state index in [1.54, 1.807) is 23.1 Å². The normalized spacial score (nSPS) is 17.6. The van der Waals surface area contributed by atoms with Crippen LogP contribution >= 0.6 is 15.9 Å². The first-order chi connectivity index (χ1) is 16.8. The third-order valence-electron chi connectivity index (χ3n) is 7.18. The van der Waals surface area contributed by atoms with Gasteiger partial charge in [0.1, 0.15) is 5.82 Å². The average molecular weight is 537 g/mol. The van der Waals surface area contributed by atoms with Gasteiger partial charge in [-0.2, -0.15) is 0 Å². The van der Waals surface area contributed by atoms with Gasteiger partial charge in [0.2, 0.25) is 0 Å². The van der Waals surface area contributed by atoms with Gasteiger partial charge in [0.05, 0.1) is 23.2 Å². The molecule has 182 valence electrons. The number of carbonyl (C=O) groups excluding carboxylic acids is 1. The molecule has 0 bridgehead atoms. The summed E-state index contributed by atoms with van der Waals surface area (Å²) in [7, 11) is 0. The van der Waals surface area contributed by atoms with Crippen molar-refractivity contribution in [2.24, 2.45) is 0 Å². The maximum Gasteiger partial charge on any atom is 0.256 e.